The van der Waals surface area contributed by atoms with Gasteiger partial charge in [0.2, 0.25) is 0 Å². The Bertz CT molecular complexity index is 608. The monoisotopic (exact) mass is 290 g/mol. The van der Waals surface area contributed by atoms with Gasteiger partial charge < -0.3 is 9.52 Å². The largest absolute Gasteiger partial charge is 0.507 e. The molecular weight excluding hydrogens is 285 g/mol. The molecule has 3 nitrogen and oxygen atoms in total. The number of halogens is 4. The molecule has 1 N–H and O–H groups in total. The van der Waals surface area contributed by atoms with Crippen LogP contribution >= 0.6 is 11.6 Å². The molecule has 2 aromatic rings. The molecule has 0 saturated carbocycles. The van der Waals surface area contributed by atoms with E-state index in [1.54, 1.807) is 0 Å². The van der Waals surface area contributed by atoms with Crippen molar-refractivity contribution in [1.82, 2.24) is 0 Å². The average Bonchev–Trinajstić information content (AvgIpc) is 2.75. The van der Waals surface area contributed by atoms with Crippen LogP contribution in [0.4, 0.5) is 13.2 Å². The Morgan fingerprint density at radius 2 is 1.95 bits per heavy atom. The van der Waals surface area contributed by atoms with Crippen molar-refractivity contribution in [3.8, 4) is 17.1 Å². The second-order valence-corrected chi connectivity index (χ2v) is 4.08. The standard InChI is InChI=1S/C12H6ClF3O3/c13-8-3-6(12(14,15)16)4-9(18)11(8)10-2-1-7(5-17)19-10/h1-5,18H. The first-order valence-corrected chi connectivity index (χ1v) is 5.36. The van der Waals surface area contributed by atoms with E-state index in [0.717, 1.165) is 0 Å². The fourth-order valence-electron chi connectivity index (χ4n) is 1.55. The maximum atomic E-state index is 12.5. The first-order valence-electron chi connectivity index (χ1n) is 4.98. The third-order valence-electron chi connectivity index (χ3n) is 2.39. The zero-order chi connectivity index (χ0) is 14.2. The summed E-state index contributed by atoms with van der Waals surface area (Å²) in [6, 6.07) is 3.87. The molecule has 1 aromatic heterocycles. The lowest BCUT2D eigenvalue weighted by Gasteiger charge is -2.10. The summed E-state index contributed by atoms with van der Waals surface area (Å²) in [5, 5.41) is 9.32. The van der Waals surface area contributed by atoms with Crippen molar-refractivity contribution in [2.75, 3.05) is 0 Å². The Balaban J connectivity index is 2.56. The number of alkyl halides is 3. The fourth-order valence-corrected chi connectivity index (χ4v) is 1.86. The number of phenolic OH excluding ortho intramolecular Hbond substituents is 1. The molecule has 19 heavy (non-hydrogen) atoms. The molecular formula is C12H6ClF3O3. The van der Waals surface area contributed by atoms with Crippen molar-refractivity contribution >= 4 is 17.9 Å². The highest BCUT2D eigenvalue weighted by molar-refractivity contribution is 6.33. The summed E-state index contributed by atoms with van der Waals surface area (Å²) in [6.07, 6.45) is -4.19. The van der Waals surface area contributed by atoms with Gasteiger partial charge >= 0.3 is 6.18 Å². The lowest BCUT2D eigenvalue weighted by Crippen LogP contribution is -2.04. The molecule has 0 amide bonds. The van der Waals surface area contributed by atoms with Gasteiger partial charge in [0.05, 0.1) is 16.1 Å². The van der Waals surface area contributed by atoms with Crippen LogP contribution in [-0.4, -0.2) is 11.4 Å². The van der Waals surface area contributed by atoms with E-state index in [0.29, 0.717) is 18.4 Å². The molecule has 1 heterocycles. The number of rotatable bonds is 2. The van der Waals surface area contributed by atoms with Crippen LogP contribution < -0.4 is 0 Å². The highest BCUT2D eigenvalue weighted by Crippen LogP contribution is 2.41. The fraction of sp³-hybridized carbons (Fsp3) is 0.0833. The van der Waals surface area contributed by atoms with E-state index < -0.39 is 17.5 Å². The predicted octanol–water partition coefficient (Wildman–Crippen LogP) is 4.14. The molecule has 100 valence electrons. The normalized spacial score (nSPS) is 11.6. The van der Waals surface area contributed by atoms with E-state index in [9.17, 15) is 23.1 Å². The minimum Gasteiger partial charge on any atom is -0.507 e. The molecule has 0 spiro atoms. The van der Waals surface area contributed by atoms with E-state index in [1.165, 1.54) is 12.1 Å². The van der Waals surface area contributed by atoms with E-state index in [4.69, 9.17) is 16.0 Å². The number of furan rings is 1. The smallest absolute Gasteiger partial charge is 0.416 e. The van der Waals surface area contributed by atoms with Crippen molar-refractivity contribution in [2.45, 2.75) is 6.18 Å². The number of hydrogen-bond donors (Lipinski definition) is 1. The van der Waals surface area contributed by atoms with Gasteiger partial charge in [0.15, 0.2) is 12.0 Å². The second kappa shape index (κ2) is 4.62. The molecule has 0 atom stereocenters. The molecule has 0 aliphatic rings. The number of benzene rings is 1. The maximum Gasteiger partial charge on any atom is 0.416 e. The molecule has 0 unspecified atom stereocenters. The van der Waals surface area contributed by atoms with Crippen molar-refractivity contribution in [3.05, 3.63) is 40.6 Å². The van der Waals surface area contributed by atoms with Crippen molar-refractivity contribution < 1.29 is 27.5 Å². The van der Waals surface area contributed by atoms with Gasteiger partial charge in [-0.25, -0.2) is 0 Å². The Hall–Kier alpha value is -1.95. The van der Waals surface area contributed by atoms with E-state index in [-0.39, 0.29) is 22.1 Å². The topological polar surface area (TPSA) is 50.4 Å². The summed E-state index contributed by atoms with van der Waals surface area (Å²) in [7, 11) is 0. The van der Waals surface area contributed by atoms with Crippen LogP contribution in [0.2, 0.25) is 5.02 Å². The van der Waals surface area contributed by atoms with Gasteiger partial charge in [0.1, 0.15) is 11.5 Å². The molecule has 7 heteroatoms. The van der Waals surface area contributed by atoms with E-state index in [1.807, 2.05) is 0 Å². The Morgan fingerprint density at radius 3 is 2.42 bits per heavy atom. The van der Waals surface area contributed by atoms with Crippen LogP contribution in [0, 0.1) is 0 Å². The summed E-state index contributed by atoms with van der Waals surface area (Å²) in [4.78, 5) is 10.5. The van der Waals surface area contributed by atoms with Gasteiger partial charge in [-0.1, -0.05) is 11.6 Å². The summed E-state index contributed by atoms with van der Waals surface area (Å²) in [6.45, 7) is 0. The highest BCUT2D eigenvalue weighted by atomic mass is 35.5. The Labute approximate surface area is 110 Å². The first kappa shape index (κ1) is 13.5. The summed E-state index contributed by atoms with van der Waals surface area (Å²) in [5.41, 5.74) is -1.16. The lowest BCUT2D eigenvalue weighted by atomic mass is 10.1. The van der Waals surface area contributed by atoms with Crippen LogP contribution in [0.1, 0.15) is 16.1 Å². The third-order valence-corrected chi connectivity index (χ3v) is 2.68. The van der Waals surface area contributed by atoms with E-state index in [2.05, 4.69) is 0 Å². The van der Waals surface area contributed by atoms with Crippen LogP contribution in [0.5, 0.6) is 5.75 Å². The number of aromatic hydroxyl groups is 1. The summed E-state index contributed by atoms with van der Waals surface area (Å²) < 4.78 is 42.5. The van der Waals surface area contributed by atoms with Crippen LogP contribution in [-0.2, 0) is 6.18 Å². The molecule has 0 saturated heterocycles. The van der Waals surface area contributed by atoms with Crippen LogP contribution in [0.15, 0.2) is 28.7 Å². The van der Waals surface area contributed by atoms with E-state index >= 15 is 0 Å². The molecule has 1 aromatic carbocycles. The summed E-state index contributed by atoms with van der Waals surface area (Å²) in [5.74, 6) is -0.685. The van der Waals surface area contributed by atoms with Crippen LogP contribution in [0.25, 0.3) is 11.3 Å². The molecule has 0 aliphatic carbocycles. The molecule has 2 rings (SSSR count). The number of hydrogen-bond acceptors (Lipinski definition) is 3. The zero-order valence-corrected chi connectivity index (χ0v) is 9.92. The average molecular weight is 291 g/mol. The SMILES string of the molecule is O=Cc1ccc(-c2c(O)cc(C(F)(F)F)cc2Cl)o1. The minimum absolute atomic E-state index is 0.0123. The number of carbonyl (C=O) groups is 1. The number of aldehydes is 1. The Morgan fingerprint density at radius 1 is 1.26 bits per heavy atom. The maximum absolute atomic E-state index is 12.5. The first-order chi connectivity index (χ1) is 8.82. The lowest BCUT2D eigenvalue weighted by molar-refractivity contribution is -0.137. The molecule has 0 bridgehead atoms. The van der Waals surface area contributed by atoms with Crippen LogP contribution in [0.3, 0.4) is 0 Å². The van der Waals surface area contributed by atoms with Gasteiger partial charge in [0, 0.05) is 0 Å². The quantitative estimate of drug-likeness (QED) is 0.846. The van der Waals surface area contributed by atoms with Gasteiger partial charge in [0.25, 0.3) is 0 Å². The molecule has 0 fully saturated rings. The summed E-state index contributed by atoms with van der Waals surface area (Å²) >= 11 is 5.72. The predicted molar refractivity (Wildman–Crippen MR) is 61.2 cm³/mol. The van der Waals surface area contributed by atoms with Crippen molar-refractivity contribution in [2.24, 2.45) is 0 Å². The zero-order valence-electron chi connectivity index (χ0n) is 9.16. The van der Waals surface area contributed by atoms with Crippen molar-refractivity contribution in [3.63, 3.8) is 0 Å². The molecule has 0 aliphatic heterocycles. The van der Waals surface area contributed by atoms with Crippen molar-refractivity contribution in [1.29, 1.82) is 0 Å². The number of phenols is 1. The Kier molecular flexibility index (Phi) is 3.28. The van der Waals surface area contributed by atoms with Gasteiger partial charge in [-0.2, -0.15) is 13.2 Å². The van der Waals surface area contributed by atoms with Gasteiger partial charge in [-0.15, -0.1) is 0 Å². The second-order valence-electron chi connectivity index (χ2n) is 3.67. The third kappa shape index (κ3) is 2.58. The minimum atomic E-state index is -4.61. The molecule has 0 radical (unpaired) electrons. The van der Waals surface area contributed by atoms with Gasteiger partial charge in [-0.05, 0) is 24.3 Å². The van der Waals surface area contributed by atoms with Gasteiger partial charge in [-0.3, -0.25) is 4.79 Å². The highest BCUT2D eigenvalue weighted by Gasteiger charge is 2.32. The number of carbonyl (C=O) groups excluding carboxylic acids is 1.